The molecule has 0 aliphatic heterocycles. The largest absolute Gasteiger partial charge is 0.480 e. The number of hydrogen-bond acceptors (Lipinski definition) is 3. The monoisotopic (exact) mass is 254 g/mol. The number of nitrogens with one attached hydrogen (secondary N) is 1. The van der Waals surface area contributed by atoms with Gasteiger partial charge in [0.2, 0.25) is 0 Å². The fourth-order valence-electron chi connectivity index (χ4n) is 1.60. The van der Waals surface area contributed by atoms with Crippen molar-refractivity contribution in [2.75, 3.05) is 7.05 Å². The van der Waals surface area contributed by atoms with Gasteiger partial charge in [-0.05, 0) is 12.5 Å². The van der Waals surface area contributed by atoms with E-state index in [0.717, 1.165) is 5.69 Å². The van der Waals surface area contributed by atoms with Gasteiger partial charge in [0, 0.05) is 20.3 Å². The van der Waals surface area contributed by atoms with Crippen molar-refractivity contribution in [1.82, 2.24) is 20.0 Å². The van der Waals surface area contributed by atoms with Crippen LogP contribution in [0.15, 0.2) is 12.3 Å². The second-order valence-electron chi connectivity index (χ2n) is 4.01. The molecule has 0 aromatic carbocycles. The molecule has 1 unspecified atom stereocenters. The highest BCUT2D eigenvalue weighted by molar-refractivity contribution is 5.82. The lowest BCUT2D eigenvalue weighted by Crippen LogP contribution is -2.46. The molecule has 0 saturated carbocycles. The molecule has 7 heteroatoms. The van der Waals surface area contributed by atoms with Gasteiger partial charge in [-0.2, -0.15) is 5.10 Å². The molecule has 0 spiro atoms. The molecule has 0 aliphatic carbocycles. The standard InChI is InChI=1S/C11H18N4O3/c1-4-9(10(16)17)15(3)11(18)12-7-8-5-6-14(2)13-8/h5-6,9H,4,7H2,1-3H3,(H,12,18)(H,16,17). The van der Waals surface area contributed by atoms with Crippen LogP contribution in [0.25, 0.3) is 0 Å². The molecule has 7 nitrogen and oxygen atoms in total. The number of aliphatic carboxylic acids is 1. The molecule has 1 rings (SSSR count). The summed E-state index contributed by atoms with van der Waals surface area (Å²) in [6.07, 6.45) is 2.14. The average Bonchev–Trinajstić information content (AvgIpc) is 2.72. The zero-order valence-electron chi connectivity index (χ0n) is 10.8. The highest BCUT2D eigenvalue weighted by atomic mass is 16.4. The molecule has 0 radical (unpaired) electrons. The quantitative estimate of drug-likeness (QED) is 0.797. The number of rotatable bonds is 5. The van der Waals surface area contributed by atoms with E-state index in [1.54, 1.807) is 30.9 Å². The smallest absolute Gasteiger partial charge is 0.326 e. The van der Waals surface area contributed by atoms with Gasteiger partial charge >= 0.3 is 12.0 Å². The van der Waals surface area contributed by atoms with Crippen molar-refractivity contribution in [3.05, 3.63) is 18.0 Å². The molecule has 2 amide bonds. The fraction of sp³-hybridized carbons (Fsp3) is 0.545. The summed E-state index contributed by atoms with van der Waals surface area (Å²) in [5.74, 6) is -1.01. The number of carboxylic acids is 1. The van der Waals surface area contributed by atoms with Crippen LogP contribution in [0.2, 0.25) is 0 Å². The third-order valence-electron chi connectivity index (χ3n) is 2.65. The number of aryl methyl sites for hydroxylation is 1. The fourth-order valence-corrected chi connectivity index (χ4v) is 1.60. The number of carboxylic acid groups (broad SMARTS) is 1. The molecular formula is C11H18N4O3. The number of carbonyl (C=O) groups excluding carboxylic acids is 1. The van der Waals surface area contributed by atoms with Gasteiger partial charge < -0.3 is 15.3 Å². The summed E-state index contributed by atoms with van der Waals surface area (Å²) < 4.78 is 1.64. The predicted octanol–water partition coefficient (Wildman–Crippen LogP) is 0.425. The number of carbonyl (C=O) groups is 2. The summed E-state index contributed by atoms with van der Waals surface area (Å²) in [4.78, 5) is 23.8. The van der Waals surface area contributed by atoms with Crippen LogP contribution in [0, 0.1) is 0 Å². The Morgan fingerprint density at radius 1 is 1.61 bits per heavy atom. The van der Waals surface area contributed by atoms with Gasteiger partial charge in [0.15, 0.2) is 0 Å². The topological polar surface area (TPSA) is 87.5 Å². The van der Waals surface area contributed by atoms with Crippen molar-refractivity contribution in [2.24, 2.45) is 7.05 Å². The molecule has 1 aromatic rings. The van der Waals surface area contributed by atoms with Crippen LogP contribution in [0.1, 0.15) is 19.0 Å². The van der Waals surface area contributed by atoms with Crippen molar-refractivity contribution < 1.29 is 14.7 Å². The van der Waals surface area contributed by atoms with E-state index in [0.29, 0.717) is 6.42 Å². The van der Waals surface area contributed by atoms with Crippen LogP contribution in [-0.2, 0) is 18.4 Å². The second kappa shape index (κ2) is 6.04. The first-order valence-corrected chi connectivity index (χ1v) is 5.67. The van der Waals surface area contributed by atoms with E-state index in [1.807, 2.05) is 0 Å². The molecule has 18 heavy (non-hydrogen) atoms. The summed E-state index contributed by atoms with van der Waals surface area (Å²) in [7, 11) is 3.25. The maximum absolute atomic E-state index is 11.7. The van der Waals surface area contributed by atoms with Crippen molar-refractivity contribution in [2.45, 2.75) is 25.9 Å². The highest BCUT2D eigenvalue weighted by Crippen LogP contribution is 2.03. The van der Waals surface area contributed by atoms with Crippen LogP contribution < -0.4 is 5.32 Å². The molecule has 1 heterocycles. The molecule has 1 aromatic heterocycles. The number of amides is 2. The van der Waals surface area contributed by atoms with E-state index in [4.69, 9.17) is 5.11 Å². The number of nitrogens with zero attached hydrogens (tertiary/aromatic N) is 3. The summed E-state index contributed by atoms with van der Waals surface area (Å²) >= 11 is 0. The van der Waals surface area contributed by atoms with E-state index in [1.165, 1.54) is 11.9 Å². The Labute approximate surface area is 105 Å². The maximum Gasteiger partial charge on any atom is 0.326 e. The van der Waals surface area contributed by atoms with Gasteiger partial charge in [-0.15, -0.1) is 0 Å². The molecule has 2 N–H and O–H groups in total. The van der Waals surface area contributed by atoms with E-state index < -0.39 is 18.0 Å². The number of urea groups is 1. The minimum atomic E-state index is -1.01. The van der Waals surface area contributed by atoms with E-state index in [-0.39, 0.29) is 6.54 Å². The highest BCUT2D eigenvalue weighted by Gasteiger charge is 2.24. The number of aromatic nitrogens is 2. The Kier molecular flexibility index (Phi) is 4.70. The van der Waals surface area contributed by atoms with Crippen LogP contribution >= 0.6 is 0 Å². The first kappa shape index (κ1) is 14.0. The zero-order valence-corrected chi connectivity index (χ0v) is 10.8. The van der Waals surface area contributed by atoms with Crippen LogP contribution in [-0.4, -0.2) is 44.9 Å². The Morgan fingerprint density at radius 2 is 2.28 bits per heavy atom. The van der Waals surface area contributed by atoms with E-state index >= 15 is 0 Å². The third kappa shape index (κ3) is 3.47. The third-order valence-corrected chi connectivity index (χ3v) is 2.65. The molecule has 0 bridgehead atoms. The lowest BCUT2D eigenvalue weighted by Gasteiger charge is -2.23. The summed E-state index contributed by atoms with van der Waals surface area (Å²) in [5.41, 5.74) is 0.725. The van der Waals surface area contributed by atoms with Crippen LogP contribution in [0.5, 0.6) is 0 Å². The first-order chi connectivity index (χ1) is 8.45. The zero-order chi connectivity index (χ0) is 13.7. The lowest BCUT2D eigenvalue weighted by atomic mass is 10.2. The molecule has 0 saturated heterocycles. The predicted molar refractivity (Wildman–Crippen MR) is 64.9 cm³/mol. The van der Waals surface area contributed by atoms with Gasteiger partial charge in [-0.25, -0.2) is 9.59 Å². The van der Waals surface area contributed by atoms with Crippen LogP contribution in [0.4, 0.5) is 4.79 Å². The molecule has 0 fully saturated rings. The number of likely N-dealkylation sites (N-methyl/N-ethyl adjacent to an activating group) is 1. The minimum absolute atomic E-state index is 0.278. The molecule has 0 aliphatic rings. The summed E-state index contributed by atoms with van der Waals surface area (Å²) in [5, 5.41) is 15.7. The summed E-state index contributed by atoms with van der Waals surface area (Å²) in [6.45, 7) is 2.00. The minimum Gasteiger partial charge on any atom is -0.480 e. The van der Waals surface area contributed by atoms with Gasteiger partial charge in [-0.1, -0.05) is 6.92 Å². The molecular weight excluding hydrogens is 236 g/mol. The molecule has 1 atom stereocenters. The Bertz CT molecular complexity index is 430. The second-order valence-corrected chi connectivity index (χ2v) is 4.01. The van der Waals surface area contributed by atoms with Gasteiger partial charge in [0.1, 0.15) is 6.04 Å². The van der Waals surface area contributed by atoms with Gasteiger partial charge in [0.05, 0.1) is 12.2 Å². The average molecular weight is 254 g/mol. The van der Waals surface area contributed by atoms with Crippen molar-refractivity contribution >= 4 is 12.0 Å². The lowest BCUT2D eigenvalue weighted by molar-refractivity contribution is -0.141. The number of hydrogen-bond donors (Lipinski definition) is 2. The van der Waals surface area contributed by atoms with Gasteiger partial charge in [0.25, 0.3) is 0 Å². The Morgan fingerprint density at radius 3 is 2.72 bits per heavy atom. The van der Waals surface area contributed by atoms with Crippen molar-refractivity contribution in [3.8, 4) is 0 Å². The Hall–Kier alpha value is -2.05. The maximum atomic E-state index is 11.7. The SMILES string of the molecule is CCC(C(=O)O)N(C)C(=O)NCc1ccn(C)n1. The van der Waals surface area contributed by atoms with E-state index in [9.17, 15) is 9.59 Å². The Balaban J connectivity index is 2.52. The normalized spacial score (nSPS) is 11.9. The molecule has 100 valence electrons. The summed E-state index contributed by atoms with van der Waals surface area (Å²) in [6, 6.07) is 0.554. The van der Waals surface area contributed by atoms with Crippen molar-refractivity contribution in [1.29, 1.82) is 0 Å². The first-order valence-electron chi connectivity index (χ1n) is 5.67. The van der Waals surface area contributed by atoms with E-state index in [2.05, 4.69) is 10.4 Å². The van der Waals surface area contributed by atoms with Crippen LogP contribution in [0.3, 0.4) is 0 Å². The van der Waals surface area contributed by atoms with Crippen molar-refractivity contribution in [3.63, 3.8) is 0 Å². The van der Waals surface area contributed by atoms with Gasteiger partial charge in [-0.3, -0.25) is 4.68 Å².